The first-order chi connectivity index (χ1) is 14.9. The Kier molecular flexibility index (Phi) is 7.60. The summed E-state index contributed by atoms with van der Waals surface area (Å²) in [6.07, 6.45) is 0.669. The predicted octanol–water partition coefficient (Wildman–Crippen LogP) is 4.17. The SMILES string of the molecule is O=C(CCCNc1nc(-c2ccccc2)cs1)NCC(=O)Nc1ccc(F)c(F)c1F. The maximum absolute atomic E-state index is 13.5. The van der Waals surface area contributed by atoms with Gasteiger partial charge in [0.05, 0.1) is 17.9 Å². The van der Waals surface area contributed by atoms with Gasteiger partial charge in [-0.3, -0.25) is 9.59 Å². The highest BCUT2D eigenvalue weighted by atomic mass is 32.1. The Morgan fingerprint density at radius 2 is 1.74 bits per heavy atom. The largest absolute Gasteiger partial charge is 0.361 e. The molecule has 10 heteroatoms. The van der Waals surface area contributed by atoms with Crippen molar-refractivity contribution in [2.75, 3.05) is 23.7 Å². The van der Waals surface area contributed by atoms with Crippen molar-refractivity contribution < 1.29 is 22.8 Å². The summed E-state index contributed by atoms with van der Waals surface area (Å²) in [6, 6.07) is 11.4. The molecule has 0 radical (unpaired) electrons. The van der Waals surface area contributed by atoms with Gasteiger partial charge < -0.3 is 16.0 Å². The molecule has 0 spiro atoms. The van der Waals surface area contributed by atoms with Crippen molar-refractivity contribution in [3.05, 3.63) is 65.3 Å². The normalized spacial score (nSPS) is 10.5. The van der Waals surface area contributed by atoms with E-state index in [-0.39, 0.29) is 12.3 Å². The maximum Gasteiger partial charge on any atom is 0.243 e. The zero-order chi connectivity index (χ0) is 22.2. The van der Waals surface area contributed by atoms with E-state index < -0.39 is 35.6 Å². The highest BCUT2D eigenvalue weighted by Gasteiger charge is 2.15. The fourth-order valence-electron chi connectivity index (χ4n) is 2.62. The Morgan fingerprint density at radius 1 is 0.968 bits per heavy atom. The minimum absolute atomic E-state index is 0.163. The molecule has 1 heterocycles. The first-order valence-corrected chi connectivity index (χ1v) is 10.3. The lowest BCUT2D eigenvalue weighted by atomic mass is 10.2. The molecular formula is C21H19F3N4O2S. The van der Waals surface area contributed by atoms with E-state index >= 15 is 0 Å². The van der Waals surface area contributed by atoms with E-state index in [1.165, 1.54) is 11.3 Å². The fraction of sp³-hybridized carbons (Fsp3) is 0.190. The van der Waals surface area contributed by atoms with Crippen LogP contribution >= 0.6 is 11.3 Å². The van der Waals surface area contributed by atoms with Crippen LogP contribution in [0, 0.1) is 17.5 Å². The van der Waals surface area contributed by atoms with Crippen LogP contribution in [0.2, 0.25) is 0 Å². The summed E-state index contributed by atoms with van der Waals surface area (Å²) in [4.78, 5) is 28.1. The molecule has 0 aliphatic carbocycles. The van der Waals surface area contributed by atoms with Crippen molar-refractivity contribution >= 4 is 34.0 Å². The standard InChI is InChI=1S/C21H19F3N4O2S/c22-14-8-9-15(20(24)19(14)23)27-18(30)11-26-17(29)7-4-10-25-21-28-16(12-31-21)13-5-2-1-3-6-13/h1-3,5-6,8-9,12H,4,7,10-11H2,(H,25,28)(H,26,29)(H,27,30). The summed E-state index contributed by atoms with van der Waals surface area (Å²) >= 11 is 1.46. The Labute approximate surface area is 180 Å². The number of rotatable bonds is 9. The number of carbonyl (C=O) groups is 2. The third-order valence-corrected chi connectivity index (χ3v) is 4.99. The van der Waals surface area contributed by atoms with Gasteiger partial charge in [-0.2, -0.15) is 0 Å². The third-order valence-electron chi connectivity index (χ3n) is 4.19. The second-order valence-corrected chi connectivity index (χ2v) is 7.34. The van der Waals surface area contributed by atoms with Crippen LogP contribution in [0.5, 0.6) is 0 Å². The molecule has 0 atom stereocenters. The van der Waals surface area contributed by atoms with Gasteiger partial charge in [0.1, 0.15) is 0 Å². The first kappa shape index (κ1) is 22.3. The molecule has 162 valence electrons. The molecule has 3 rings (SSSR count). The number of aromatic nitrogens is 1. The number of halogens is 3. The Balaban J connectivity index is 1.35. The number of thiazole rings is 1. The molecule has 2 aromatic carbocycles. The van der Waals surface area contributed by atoms with Crippen molar-refractivity contribution in [2.45, 2.75) is 12.8 Å². The van der Waals surface area contributed by atoms with Crippen LogP contribution in [0.4, 0.5) is 24.0 Å². The molecule has 3 N–H and O–H groups in total. The van der Waals surface area contributed by atoms with E-state index in [1.807, 2.05) is 35.7 Å². The Bertz CT molecular complexity index is 1060. The average molecular weight is 448 g/mol. The molecule has 2 amide bonds. The number of nitrogens with zero attached hydrogens (tertiary/aromatic N) is 1. The minimum Gasteiger partial charge on any atom is -0.361 e. The van der Waals surface area contributed by atoms with Crippen LogP contribution in [0.3, 0.4) is 0 Å². The molecule has 31 heavy (non-hydrogen) atoms. The monoisotopic (exact) mass is 448 g/mol. The first-order valence-electron chi connectivity index (χ1n) is 9.39. The molecule has 0 bridgehead atoms. The maximum atomic E-state index is 13.5. The van der Waals surface area contributed by atoms with Crippen molar-refractivity contribution in [3.8, 4) is 11.3 Å². The number of hydrogen-bond acceptors (Lipinski definition) is 5. The van der Waals surface area contributed by atoms with Gasteiger partial charge in [0.25, 0.3) is 0 Å². The predicted molar refractivity (Wildman–Crippen MR) is 113 cm³/mol. The number of nitrogens with one attached hydrogen (secondary N) is 3. The van der Waals surface area contributed by atoms with Crippen LogP contribution in [0.25, 0.3) is 11.3 Å². The van der Waals surface area contributed by atoms with E-state index in [2.05, 4.69) is 20.9 Å². The molecule has 1 aromatic heterocycles. The molecule has 0 saturated heterocycles. The highest BCUT2D eigenvalue weighted by Crippen LogP contribution is 2.24. The van der Waals surface area contributed by atoms with Gasteiger partial charge in [-0.1, -0.05) is 30.3 Å². The lowest BCUT2D eigenvalue weighted by molar-refractivity contribution is -0.124. The molecule has 0 saturated carbocycles. The van der Waals surface area contributed by atoms with Gasteiger partial charge in [-0.15, -0.1) is 11.3 Å². The summed E-state index contributed by atoms with van der Waals surface area (Å²) in [5.74, 6) is -5.65. The zero-order valence-corrected chi connectivity index (χ0v) is 17.1. The highest BCUT2D eigenvalue weighted by molar-refractivity contribution is 7.14. The quantitative estimate of drug-likeness (QED) is 0.339. The van der Waals surface area contributed by atoms with Crippen LogP contribution in [-0.4, -0.2) is 29.9 Å². The van der Waals surface area contributed by atoms with Gasteiger partial charge >= 0.3 is 0 Å². The number of hydrogen-bond donors (Lipinski definition) is 3. The van der Waals surface area contributed by atoms with E-state index in [0.29, 0.717) is 19.0 Å². The summed E-state index contributed by atoms with van der Waals surface area (Å²) in [5.41, 5.74) is 1.39. The third kappa shape index (κ3) is 6.29. The van der Waals surface area contributed by atoms with Gasteiger partial charge in [-0.25, -0.2) is 18.2 Å². The molecular weight excluding hydrogens is 429 g/mol. The topological polar surface area (TPSA) is 83.1 Å². The van der Waals surface area contributed by atoms with Gasteiger partial charge in [0, 0.05) is 23.9 Å². The number of amides is 2. The Hall–Kier alpha value is -3.40. The summed E-state index contributed by atoms with van der Waals surface area (Å²) in [7, 11) is 0. The summed E-state index contributed by atoms with van der Waals surface area (Å²) in [6.45, 7) is 0.0963. The van der Waals surface area contributed by atoms with Gasteiger partial charge in [-0.05, 0) is 18.6 Å². The molecule has 3 aromatic rings. The Morgan fingerprint density at radius 3 is 2.52 bits per heavy atom. The van der Waals surface area contributed by atoms with Crippen molar-refractivity contribution in [2.24, 2.45) is 0 Å². The second-order valence-electron chi connectivity index (χ2n) is 6.48. The van der Waals surface area contributed by atoms with E-state index in [9.17, 15) is 22.8 Å². The number of carbonyl (C=O) groups excluding carboxylic acids is 2. The summed E-state index contributed by atoms with van der Waals surface area (Å²) < 4.78 is 39.6. The number of benzene rings is 2. The smallest absolute Gasteiger partial charge is 0.243 e. The van der Waals surface area contributed by atoms with Crippen LogP contribution in [-0.2, 0) is 9.59 Å². The lowest BCUT2D eigenvalue weighted by Gasteiger charge is -2.08. The van der Waals surface area contributed by atoms with Gasteiger partial charge in [0.2, 0.25) is 11.8 Å². The van der Waals surface area contributed by atoms with Crippen molar-refractivity contribution in [1.82, 2.24) is 10.3 Å². The summed E-state index contributed by atoms with van der Waals surface area (Å²) in [5, 5.41) is 10.3. The zero-order valence-electron chi connectivity index (χ0n) is 16.3. The average Bonchev–Trinajstić information content (AvgIpc) is 3.25. The van der Waals surface area contributed by atoms with Crippen LogP contribution < -0.4 is 16.0 Å². The fourth-order valence-corrected chi connectivity index (χ4v) is 3.37. The van der Waals surface area contributed by atoms with Crippen molar-refractivity contribution in [1.29, 1.82) is 0 Å². The van der Waals surface area contributed by atoms with E-state index in [4.69, 9.17) is 0 Å². The lowest BCUT2D eigenvalue weighted by Crippen LogP contribution is -2.33. The molecule has 0 aliphatic heterocycles. The minimum atomic E-state index is -1.68. The molecule has 6 nitrogen and oxygen atoms in total. The van der Waals surface area contributed by atoms with Crippen molar-refractivity contribution in [3.63, 3.8) is 0 Å². The van der Waals surface area contributed by atoms with Crippen LogP contribution in [0.1, 0.15) is 12.8 Å². The molecule has 0 aliphatic rings. The van der Waals surface area contributed by atoms with E-state index in [1.54, 1.807) is 0 Å². The molecule has 0 unspecified atom stereocenters. The van der Waals surface area contributed by atoms with E-state index in [0.717, 1.165) is 22.5 Å². The molecule has 0 fully saturated rings. The second kappa shape index (κ2) is 10.6. The van der Waals surface area contributed by atoms with Crippen LogP contribution in [0.15, 0.2) is 47.8 Å². The van der Waals surface area contributed by atoms with Gasteiger partial charge in [0.15, 0.2) is 22.6 Å². The number of anilines is 2.